The van der Waals surface area contributed by atoms with Crippen LogP contribution in [0.1, 0.15) is 61.9 Å². The zero-order valence-corrected chi connectivity index (χ0v) is 19.3. The Labute approximate surface area is 194 Å². The molecule has 0 atom stereocenters. The van der Waals surface area contributed by atoms with Crippen LogP contribution in [-0.2, 0) is 16.1 Å². The van der Waals surface area contributed by atoms with Crippen LogP contribution in [0.15, 0.2) is 48.5 Å². The SMILES string of the molecule is CCN(CC)C(=O)c1cccc(CN(C(=O)CCCCCC(=O)NO)c2ccccc2O)c1. The van der Waals surface area contributed by atoms with Crippen molar-refractivity contribution in [2.75, 3.05) is 18.0 Å². The number of nitrogens with one attached hydrogen (secondary N) is 1. The van der Waals surface area contributed by atoms with Crippen LogP contribution in [0.5, 0.6) is 5.75 Å². The van der Waals surface area contributed by atoms with Gasteiger partial charge < -0.3 is 14.9 Å². The summed E-state index contributed by atoms with van der Waals surface area (Å²) in [5.41, 5.74) is 3.34. The Balaban J connectivity index is 2.16. The molecule has 0 spiro atoms. The second-order valence-electron chi connectivity index (χ2n) is 7.74. The smallest absolute Gasteiger partial charge is 0.253 e. The number of unbranched alkanes of at least 4 members (excludes halogenated alkanes) is 2. The van der Waals surface area contributed by atoms with Crippen molar-refractivity contribution in [3.63, 3.8) is 0 Å². The number of phenols is 1. The molecule has 33 heavy (non-hydrogen) atoms. The fourth-order valence-corrected chi connectivity index (χ4v) is 3.61. The van der Waals surface area contributed by atoms with Gasteiger partial charge in [-0.3, -0.25) is 19.6 Å². The highest BCUT2D eigenvalue weighted by Crippen LogP contribution is 2.29. The van der Waals surface area contributed by atoms with E-state index < -0.39 is 5.91 Å². The first kappa shape index (κ1) is 25.9. The lowest BCUT2D eigenvalue weighted by molar-refractivity contribution is -0.129. The highest BCUT2D eigenvalue weighted by atomic mass is 16.5. The minimum Gasteiger partial charge on any atom is -0.506 e. The molecule has 3 N–H and O–H groups in total. The van der Waals surface area contributed by atoms with E-state index in [0.29, 0.717) is 43.6 Å². The highest BCUT2D eigenvalue weighted by molar-refractivity contribution is 5.96. The van der Waals surface area contributed by atoms with Crippen molar-refractivity contribution >= 4 is 23.4 Å². The molecule has 0 aromatic heterocycles. The second-order valence-corrected chi connectivity index (χ2v) is 7.74. The number of para-hydroxylation sites is 2. The number of rotatable bonds is 12. The standard InChI is InChI=1S/C25H33N3O5/c1-3-27(4-2)25(32)20-12-10-11-19(17-20)18-28(21-13-8-9-14-22(21)29)24(31)16-7-5-6-15-23(30)26-33/h8-14,17,29,33H,3-7,15-16,18H2,1-2H3,(H,26,30). The van der Waals surface area contributed by atoms with Crippen LogP contribution < -0.4 is 10.4 Å². The van der Waals surface area contributed by atoms with Gasteiger partial charge in [0.05, 0.1) is 12.2 Å². The molecule has 0 aliphatic heterocycles. The number of phenolic OH excluding ortho intramolecular Hbond substituents is 1. The van der Waals surface area contributed by atoms with E-state index in [9.17, 15) is 19.5 Å². The molecule has 0 saturated heterocycles. The van der Waals surface area contributed by atoms with Crippen LogP contribution in [0, 0.1) is 0 Å². The normalized spacial score (nSPS) is 10.5. The fourth-order valence-electron chi connectivity index (χ4n) is 3.61. The van der Waals surface area contributed by atoms with Gasteiger partial charge in [0.15, 0.2) is 0 Å². The molecular formula is C25H33N3O5. The van der Waals surface area contributed by atoms with E-state index in [1.807, 2.05) is 19.9 Å². The summed E-state index contributed by atoms with van der Waals surface area (Å²) in [5, 5.41) is 18.9. The third-order valence-electron chi connectivity index (χ3n) is 5.46. The number of hydrogen-bond acceptors (Lipinski definition) is 5. The average molecular weight is 456 g/mol. The Morgan fingerprint density at radius 1 is 0.909 bits per heavy atom. The number of hydrogen-bond donors (Lipinski definition) is 3. The largest absolute Gasteiger partial charge is 0.506 e. The first-order valence-electron chi connectivity index (χ1n) is 11.3. The van der Waals surface area contributed by atoms with Crippen LogP contribution in [0.4, 0.5) is 5.69 Å². The summed E-state index contributed by atoms with van der Waals surface area (Å²) >= 11 is 0. The summed E-state index contributed by atoms with van der Waals surface area (Å²) in [6.45, 7) is 5.30. The lowest BCUT2D eigenvalue weighted by Gasteiger charge is -2.24. The van der Waals surface area contributed by atoms with E-state index in [1.165, 1.54) is 11.0 Å². The van der Waals surface area contributed by atoms with Gasteiger partial charge >= 0.3 is 0 Å². The Bertz CT molecular complexity index is 943. The first-order chi connectivity index (χ1) is 15.9. The molecule has 8 heteroatoms. The molecule has 0 aliphatic carbocycles. The van der Waals surface area contributed by atoms with Crippen molar-refractivity contribution in [1.29, 1.82) is 0 Å². The van der Waals surface area contributed by atoms with Gasteiger partial charge in [0.1, 0.15) is 5.75 Å². The van der Waals surface area contributed by atoms with Crippen LogP contribution in [0.3, 0.4) is 0 Å². The Hall–Kier alpha value is -3.39. The number of benzene rings is 2. The monoisotopic (exact) mass is 455 g/mol. The number of nitrogens with zero attached hydrogens (tertiary/aromatic N) is 2. The van der Waals surface area contributed by atoms with Gasteiger partial charge in [-0.25, -0.2) is 5.48 Å². The minimum absolute atomic E-state index is 0.000777. The predicted molar refractivity (Wildman–Crippen MR) is 126 cm³/mol. The fraction of sp³-hybridized carbons (Fsp3) is 0.400. The molecule has 2 aromatic rings. The zero-order chi connectivity index (χ0) is 24.2. The van der Waals surface area contributed by atoms with E-state index in [-0.39, 0.29) is 37.0 Å². The number of anilines is 1. The van der Waals surface area contributed by atoms with Crippen molar-refractivity contribution < 1.29 is 24.7 Å². The molecule has 8 nitrogen and oxygen atoms in total. The van der Waals surface area contributed by atoms with Crippen LogP contribution in [0.25, 0.3) is 0 Å². The molecule has 0 bridgehead atoms. The molecule has 0 aliphatic rings. The van der Waals surface area contributed by atoms with Crippen molar-refractivity contribution in [1.82, 2.24) is 10.4 Å². The van der Waals surface area contributed by atoms with Gasteiger partial charge in [-0.2, -0.15) is 0 Å². The summed E-state index contributed by atoms with van der Waals surface area (Å²) in [5.74, 6) is -0.671. The second kappa shape index (κ2) is 13.2. The maximum absolute atomic E-state index is 13.1. The summed E-state index contributed by atoms with van der Waals surface area (Å²) in [6, 6.07) is 13.9. The predicted octanol–water partition coefficient (Wildman–Crippen LogP) is 3.86. The summed E-state index contributed by atoms with van der Waals surface area (Å²) < 4.78 is 0. The van der Waals surface area contributed by atoms with E-state index >= 15 is 0 Å². The van der Waals surface area contributed by atoms with Crippen LogP contribution >= 0.6 is 0 Å². The zero-order valence-electron chi connectivity index (χ0n) is 19.3. The Kier molecular flexibility index (Phi) is 10.4. The van der Waals surface area contributed by atoms with Crippen molar-refractivity contribution in [3.05, 3.63) is 59.7 Å². The molecule has 2 aromatic carbocycles. The molecule has 0 unspecified atom stereocenters. The van der Waals surface area contributed by atoms with Crippen molar-refractivity contribution in [2.24, 2.45) is 0 Å². The quantitative estimate of drug-likeness (QED) is 0.256. The number of carbonyl (C=O) groups excluding carboxylic acids is 3. The molecule has 0 radical (unpaired) electrons. The highest BCUT2D eigenvalue weighted by Gasteiger charge is 2.20. The van der Waals surface area contributed by atoms with E-state index in [1.54, 1.807) is 46.8 Å². The van der Waals surface area contributed by atoms with Gasteiger partial charge in [-0.1, -0.05) is 30.7 Å². The molecule has 0 heterocycles. The third-order valence-corrected chi connectivity index (χ3v) is 5.46. The molecular weight excluding hydrogens is 422 g/mol. The summed E-state index contributed by atoms with van der Waals surface area (Å²) in [7, 11) is 0. The molecule has 178 valence electrons. The van der Waals surface area contributed by atoms with Crippen LogP contribution in [0.2, 0.25) is 0 Å². The van der Waals surface area contributed by atoms with Crippen LogP contribution in [-0.4, -0.2) is 46.0 Å². The van der Waals surface area contributed by atoms with Gasteiger partial charge in [-0.05, 0) is 56.5 Å². The lowest BCUT2D eigenvalue weighted by Crippen LogP contribution is -2.31. The van der Waals surface area contributed by atoms with E-state index in [4.69, 9.17) is 5.21 Å². The average Bonchev–Trinajstić information content (AvgIpc) is 2.83. The number of amides is 3. The number of hydroxylamine groups is 1. The Morgan fingerprint density at radius 2 is 1.61 bits per heavy atom. The topological polar surface area (TPSA) is 110 Å². The summed E-state index contributed by atoms with van der Waals surface area (Å²) in [6.07, 6.45) is 2.23. The van der Waals surface area contributed by atoms with Gasteiger partial charge in [0.25, 0.3) is 5.91 Å². The maximum Gasteiger partial charge on any atom is 0.253 e. The van der Waals surface area contributed by atoms with Crippen molar-refractivity contribution in [2.45, 2.75) is 52.5 Å². The van der Waals surface area contributed by atoms with Gasteiger partial charge in [0, 0.05) is 31.5 Å². The first-order valence-corrected chi connectivity index (χ1v) is 11.3. The molecule has 3 amide bonds. The maximum atomic E-state index is 13.1. The summed E-state index contributed by atoms with van der Waals surface area (Å²) in [4.78, 5) is 40.2. The van der Waals surface area contributed by atoms with Gasteiger partial charge in [0.2, 0.25) is 11.8 Å². The Morgan fingerprint density at radius 3 is 2.27 bits per heavy atom. The van der Waals surface area contributed by atoms with Gasteiger partial charge in [-0.15, -0.1) is 0 Å². The number of aromatic hydroxyl groups is 1. The lowest BCUT2D eigenvalue weighted by atomic mass is 10.1. The minimum atomic E-state index is -0.448. The van der Waals surface area contributed by atoms with Crippen molar-refractivity contribution in [3.8, 4) is 5.75 Å². The molecule has 0 saturated carbocycles. The molecule has 2 rings (SSSR count). The molecule has 0 fully saturated rings. The third kappa shape index (κ3) is 7.61. The van der Waals surface area contributed by atoms with E-state index in [0.717, 1.165) is 5.56 Å². The van der Waals surface area contributed by atoms with E-state index in [2.05, 4.69) is 0 Å². The number of carbonyl (C=O) groups is 3.